The van der Waals surface area contributed by atoms with Crippen LogP contribution < -0.4 is 0 Å². The van der Waals surface area contributed by atoms with E-state index < -0.39 is 23.5 Å². The number of rotatable bonds is 7. The lowest BCUT2D eigenvalue weighted by atomic mass is 10.2. The van der Waals surface area contributed by atoms with Crippen LogP contribution in [-0.2, 0) is 19.1 Å². The number of ether oxygens (including phenoxy) is 1. The van der Waals surface area contributed by atoms with E-state index in [0.29, 0.717) is 6.42 Å². The molecule has 0 fully saturated rings. The van der Waals surface area contributed by atoms with Gasteiger partial charge < -0.3 is 20.1 Å². The lowest BCUT2D eigenvalue weighted by Crippen LogP contribution is -2.12. The number of esters is 1. The second kappa shape index (κ2) is 11.7. The van der Waals surface area contributed by atoms with Gasteiger partial charge in [0, 0.05) is 19.1 Å². The monoisotopic (exact) mass is 286 g/mol. The van der Waals surface area contributed by atoms with Crippen LogP contribution in [0.25, 0.3) is 0 Å². The molecule has 0 aliphatic rings. The smallest absolute Gasteiger partial charge is 0.337 e. The summed E-state index contributed by atoms with van der Waals surface area (Å²) >= 11 is 0. The molecule has 112 valence electrons. The molecule has 7 heteroatoms. The highest BCUT2D eigenvalue weighted by atomic mass is 16.5. The molecule has 0 saturated carbocycles. The highest BCUT2D eigenvalue weighted by molar-refractivity contribution is 6.07. The number of carboxylic acids is 1. The standard InChI is InChI=1S/C10H14O5.C3H4O2/c1-3-8(12)9(13)7(2)10(14)15-6-4-5-11;1-2-3(4)5/h3,11,13H,1,4-6H2,2H3;2H,1H2,(H,4,5). The van der Waals surface area contributed by atoms with Gasteiger partial charge in [0.15, 0.2) is 5.76 Å². The van der Waals surface area contributed by atoms with Crippen LogP contribution in [0, 0.1) is 0 Å². The molecule has 0 amide bonds. The Bertz CT molecular complexity index is 407. The summed E-state index contributed by atoms with van der Waals surface area (Å²) in [5.41, 5.74) is -0.169. The minimum atomic E-state index is -0.981. The molecule has 0 atom stereocenters. The van der Waals surface area contributed by atoms with Crippen molar-refractivity contribution in [3.05, 3.63) is 36.6 Å². The third kappa shape index (κ3) is 9.60. The summed E-state index contributed by atoms with van der Waals surface area (Å²) in [5.74, 6) is -3.16. The lowest BCUT2D eigenvalue weighted by molar-refractivity contribution is -0.139. The molecule has 3 N–H and O–H groups in total. The minimum absolute atomic E-state index is 0.0439. The second-order valence-corrected chi connectivity index (χ2v) is 3.30. The van der Waals surface area contributed by atoms with Gasteiger partial charge in [0.05, 0.1) is 12.2 Å². The fraction of sp³-hybridized carbons (Fsp3) is 0.308. The first-order valence-corrected chi connectivity index (χ1v) is 5.51. The van der Waals surface area contributed by atoms with E-state index in [2.05, 4.69) is 17.9 Å². The number of hydrogen-bond acceptors (Lipinski definition) is 6. The van der Waals surface area contributed by atoms with Crippen molar-refractivity contribution >= 4 is 17.7 Å². The Morgan fingerprint density at radius 3 is 2.00 bits per heavy atom. The summed E-state index contributed by atoms with van der Waals surface area (Å²) in [6.07, 6.45) is 2.05. The maximum atomic E-state index is 11.2. The number of allylic oxidation sites excluding steroid dienone is 1. The van der Waals surface area contributed by atoms with Crippen LogP contribution in [0.15, 0.2) is 36.6 Å². The molecule has 0 bridgehead atoms. The third-order valence-electron chi connectivity index (χ3n) is 1.79. The van der Waals surface area contributed by atoms with Crippen LogP contribution in [0.2, 0.25) is 0 Å². The average Bonchev–Trinajstić information content (AvgIpc) is 2.45. The third-order valence-corrected chi connectivity index (χ3v) is 1.79. The van der Waals surface area contributed by atoms with E-state index in [4.69, 9.17) is 10.2 Å². The van der Waals surface area contributed by atoms with Crippen LogP contribution >= 0.6 is 0 Å². The fourth-order valence-corrected chi connectivity index (χ4v) is 0.716. The van der Waals surface area contributed by atoms with Gasteiger partial charge in [-0.1, -0.05) is 13.2 Å². The van der Waals surface area contributed by atoms with E-state index in [-0.39, 0.29) is 18.8 Å². The van der Waals surface area contributed by atoms with Crippen molar-refractivity contribution in [2.45, 2.75) is 13.3 Å². The number of carboxylic acid groups (broad SMARTS) is 1. The van der Waals surface area contributed by atoms with Gasteiger partial charge in [0.25, 0.3) is 0 Å². The Hall–Kier alpha value is -2.41. The molecule has 0 heterocycles. The lowest BCUT2D eigenvalue weighted by Gasteiger charge is -2.04. The first-order chi connectivity index (χ1) is 9.31. The molecule has 0 spiro atoms. The van der Waals surface area contributed by atoms with Crippen molar-refractivity contribution in [2.24, 2.45) is 0 Å². The number of carbonyl (C=O) groups is 3. The van der Waals surface area contributed by atoms with E-state index in [9.17, 15) is 19.5 Å². The van der Waals surface area contributed by atoms with Gasteiger partial charge in [-0.3, -0.25) is 4.79 Å². The molecule has 0 radical (unpaired) electrons. The number of carbonyl (C=O) groups excluding carboxylic acids is 2. The van der Waals surface area contributed by atoms with Gasteiger partial charge >= 0.3 is 11.9 Å². The van der Waals surface area contributed by atoms with E-state index in [1.165, 1.54) is 6.92 Å². The highest BCUT2D eigenvalue weighted by Gasteiger charge is 2.15. The average molecular weight is 286 g/mol. The fourth-order valence-electron chi connectivity index (χ4n) is 0.716. The Labute approximate surface area is 116 Å². The van der Waals surface area contributed by atoms with Crippen molar-refractivity contribution in [1.82, 2.24) is 0 Å². The Morgan fingerprint density at radius 2 is 1.65 bits per heavy atom. The van der Waals surface area contributed by atoms with E-state index in [0.717, 1.165) is 12.2 Å². The maximum absolute atomic E-state index is 11.2. The minimum Gasteiger partial charge on any atom is -0.504 e. The van der Waals surface area contributed by atoms with Crippen molar-refractivity contribution < 1.29 is 34.4 Å². The normalized spacial score (nSPS) is 10.3. The molecule has 0 aliphatic heterocycles. The molecule has 0 saturated heterocycles. The number of aliphatic carboxylic acids is 1. The first kappa shape index (κ1) is 19.9. The van der Waals surface area contributed by atoms with Gasteiger partial charge in [-0.2, -0.15) is 0 Å². The van der Waals surface area contributed by atoms with Gasteiger partial charge in [-0.05, 0) is 13.0 Å². The van der Waals surface area contributed by atoms with Crippen molar-refractivity contribution in [2.75, 3.05) is 13.2 Å². The van der Waals surface area contributed by atoms with Gasteiger partial charge in [0.1, 0.15) is 0 Å². The SMILES string of the molecule is C=CC(=O)C(O)=C(C)C(=O)OCCCO.C=CC(=O)O. The molecule has 0 aromatic rings. The second-order valence-electron chi connectivity index (χ2n) is 3.30. The summed E-state index contributed by atoms with van der Waals surface area (Å²) in [5, 5.41) is 25.3. The van der Waals surface area contributed by atoms with Crippen molar-refractivity contribution in [1.29, 1.82) is 0 Å². The van der Waals surface area contributed by atoms with E-state index >= 15 is 0 Å². The molecule has 0 aliphatic carbocycles. The summed E-state index contributed by atoms with van der Waals surface area (Å²) in [6, 6.07) is 0. The van der Waals surface area contributed by atoms with Gasteiger partial charge in [0.2, 0.25) is 5.78 Å². The Morgan fingerprint density at radius 1 is 1.15 bits per heavy atom. The number of hydrogen-bond donors (Lipinski definition) is 3. The van der Waals surface area contributed by atoms with E-state index in [1.807, 2.05) is 0 Å². The van der Waals surface area contributed by atoms with Crippen LogP contribution in [0.1, 0.15) is 13.3 Å². The summed E-state index contributed by atoms with van der Waals surface area (Å²) in [6.45, 7) is 7.36. The molecule has 0 aromatic carbocycles. The van der Waals surface area contributed by atoms with E-state index in [1.54, 1.807) is 0 Å². The zero-order valence-electron chi connectivity index (χ0n) is 11.2. The number of aliphatic hydroxyl groups is 2. The molecule has 20 heavy (non-hydrogen) atoms. The largest absolute Gasteiger partial charge is 0.504 e. The molecular formula is C13H18O7. The highest BCUT2D eigenvalue weighted by Crippen LogP contribution is 2.05. The molecule has 0 aromatic heterocycles. The topological polar surface area (TPSA) is 121 Å². The van der Waals surface area contributed by atoms with Crippen LogP contribution in [0.4, 0.5) is 0 Å². The molecule has 0 rings (SSSR count). The maximum Gasteiger partial charge on any atom is 0.337 e. The summed E-state index contributed by atoms with van der Waals surface area (Å²) in [4.78, 5) is 31.3. The van der Waals surface area contributed by atoms with Crippen molar-refractivity contribution in [3.63, 3.8) is 0 Å². The van der Waals surface area contributed by atoms with Crippen molar-refractivity contribution in [3.8, 4) is 0 Å². The van der Waals surface area contributed by atoms with Crippen LogP contribution in [0.3, 0.4) is 0 Å². The number of ketones is 1. The van der Waals surface area contributed by atoms with Crippen LogP contribution in [-0.4, -0.2) is 46.3 Å². The summed E-state index contributed by atoms with van der Waals surface area (Å²) in [7, 11) is 0. The first-order valence-electron chi connectivity index (χ1n) is 5.51. The number of aliphatic hydroxyl groups excluding tert-OH is 2. The quantitative estimate of drug-likeness (QED) is 0.273. The Kier molecular flexibility index (Phi) is 11.6. The van der Waals surface area contributed by atoms with Gasteiger partial charge in [-0.15, -0.1) is 0 Å². The van der Waals surface area contributed by atoms with Gasteiger partial charge in [-0.25, -0.2) is 9.59 Å². The zero-order valence-corrected chi connectivity index (χ0v) is 11.2. The zero-order chi connectivity index (χ0) is 16.1. The predicted molar refractivity (Wildman–Crippen MR) is 71.0 cm³/mol. The molecular weight excluding hydrogens is 268 g/mol. The Balaban J connectivity index is 0. The summed E-state index contributed by atoms with van der Waals surface area (Å²) < 4.78 is 4.66. The predicted octanol–water partition coefficient (Wildman–Crippen LogP) is 0.756. The van der Waals surface area contributed by atoms with Crippen LogP contribution in [0.5, 0.6) is 0 Å². The molecule has 0 unspecified atom stereocenters. The molecule has 7 nitrogen and oxygen atoms in total.